The summed E-state index contributed by atoms with van der Waals surface area (Å²) in [5.74, 6) is 0.773. The first kappa shape index (κ1) is 18.4. The number of fused-ring (bicyclic) bond motifs is 2. The Morgan fingerprint density at radius 1 is 1.18 bits per heavy atom. The van der Waals surface area contributed by atoms with Crippen LogP contribution in [0.2, 0.25) is 0 Å². The molecule has 1 aliphatic rings. The molecule has 0 unspecified atom stereocenters. The summed E-state index contributed by atoms with van der Waals surface area (Å²) in [4.78, 5) is 32.6. The van der Waals surface area contributed by atoms with Gasteiger partial charge in [0.15, 0.2) is 0 Å². The summed E-state index contributed by atoms with van der Waals surface area (Å²) >= 11 is 0. The maximum atomic E-state index is 13.3. The first-order valence-electron chi connectivity index (χ1n) is 10.0. The molecule has 1 amide bonds. The van der Waals surface area contributed by atoms with E-state index >= 15 is 0 Å². The van der Waals surface area contributed by atoms with E-state index in [0.29, 0.717) is 23.0 Å². The number of benzene rings is 2. The molecule has 0 aliphatic carbocycles. The van der Waals surface area contributed by atoms with Crippen molar-refractivity contribution in [3.05, 3.63) is 69.8 Å². The van der Waals surface area contributed by atoms with E-state index in [9.17, 15) is 9.59 Å². The molecule has 0 N–H and O–H groups in total. The molecule has 0 saturated carbocycles. The highest BCUT2D eigenvalue weighted by Gasteiger charge is 2.20. The number of hydrogen-bond donors (Lipinski definition) is 0. The van der Waals surface area contributed by atoms with Crippen LogP contribution in [0.5, 0.6) is 0 Å². The molecule has 1 aliphatic heterocycles. The standard InChI is InChI=1S/C23H25N3O2/c1-3-13-25(20-9-5-4-8-16(20)2)22(27)17-11-12-18-19(15-17)24-21-10-6-7-14-26(21)23(18)28/h4-5,8-9,11-12,15H,3,6-7,10,13-14H2,1-2H3. The van der Waals surface area contributed by atoms with Crippen LogP contribution in [0.25, 0.3) is 10.9 Å². The van der Waals surface area contributed by atoms with Crippen molar-refractivity contribution in [1.29, 1.82) is 0 Å². The molecule has 5 heteroatoms. The summed E-state index contributed by atoms with van der Waals surface area (Å²) in [5, 5.41) is 0.583. The maximum Gasteiger partial charge on any atom is 0.261 e. The van der Waals surface area contributed by atoms with E-state index in [4.69, 9.17) is 4.98 Å². The van der Waals surface area contributed by atoms with Crippen molar-refractivity contribution in [3.63, 3.8) is 0 Å². The van der Waals surface area contributed by atoms with Gasteiger partial charge in [0.2, 0.25) is 0 Å². The molecule has 3 aromatic rings. The van der Waals surface area contributed by atoms with Gasteiger partial charge in [0.25, 0.3) is 11.5 Å². The van der Waals surface area contributed by atoms with Crippen LogP contribution in [0.15, 0.2) is 47.3 Å². The van der Waals surface area contributed by atoms with Gasteiger partial charge in [-0.1, -0.05) is 25.1 Å². The van der Waals surface area contributed by atoms with Gasteiger partial charge < -0.3 is 4.90 Å². The predicted octanol–water partition coefficient (Wildman–Crippen LogP) is 4.10. The number of para-hydroxylation sites is 1. The van der Waals surface area contributed by atoms with E-state index < -0.39 is 0 Å². The van der Waals surface area contributed by atoms with Crippen LogP contribution in [-0.4, -0.2) is 22.0 Å². The molecule has 0 radical (unpaired) electrons. The first-order chi connectivity index (χ1) is 13.6. The van der Waals surface area contributed by atoms with Crippen molar-refractivity contribution in [1.82, 2.24) is 9.55 Å². The summed E-state index contributed by atoms with van der Waals surface area (Å²) in [5.41, 5.74) is 3.17. The van der Waals surface area contributed by atoms with Gasteiger partial charge in [0.05, 0.1) is 10.9 Å². The lowest BCUT2D eigenvalue weighted by Gasteiger charge is -2.24. The monoisotopic (exact) mass is 375 g/mol. The predicted molar refractivity (Wildman–Crippen MR) is 112 cm³/mol. The lowest BCUT2D eigenvalue weighted by molar-refractivity contribution is 0.0987. The average Bonchev–Trinajstić information content (AvgIpc) is 2.72. The Balaban J connectivity index is 1.78. The molecule has 0 fully saturated rings. The van der Waals surface area contributed by atoms with Crippen molar-refractivity contribution < 1.29 is 4.79 Å². The maximum absolute atomic E-state index is 13.3. The van der Waals surface area contributed by atoms with Crippen molar-refractivity contribution >= 4 is 22.5 Å². The number of carbonyl (C=O) groups is 1. The van der Waals surface area contributed by atoms with E-state index in [1.165, 1.54) is 0 Å². The number of anilines is 1. The Morgan fingerprint density at radius 3 is 2.79 bits per heavy atom. The van der Waals surface area contributed by atoms with Crippen LogP contribution < -0.4 is 10.5 Å². The van der Waals surface area contributed by atoms with Crippen LogP contribution in [0, 0.1) is 6.92 Å². The van der Waals surface area contributed by atoms with Gasteiger partial charge in [0, 0.05) is 30.8 Å². The van der Waals surface area contributed by atoms with E-state index in [1.807, 2.05) is 36.1 Å². The van der Waals surface area contributed by atoms with Crippen molar-refractivity contribution in [2.24, 2.45) is 0 Å². The smallest absolute Gasteiger partial charge is 0.261 e. The third kappa shape index (κ3) is 3.21. The Bertz CT molecular complexity index is 1100. The van der Waals surface area contributed by atoms with Gasteiger partial charge in [-0.15, -0.1) is 0 Å². The molecule has 28 heavy (non-hydrogen) atoms. The van der Waals surface area contributed by atoms with E-state index in [-0.39, 0.29) is 11.5 Å². The fourth-order valence-electron chi connectivity index (χ4n) is 3.95. The Hall–Kier alpha value is -2.95. The average molecular weight is 375 g/mol. The fraction of sp³-hybridized carbons (Fsp3) is 0.348. The van der Waals surface area contributed by atoms with Crippen LogP contribution in [-0.2, 0) is 13.0 Å². The summed E-state index contributed by atoms with van der Waals surface area (Å²) in [6, 6.07) is 13.2. The van der Waals surface area contributed by atoms with Crippen LogP contribution in [0.4, 0.5) is 5.69 Å². The van der Waals surface area contributed by atoms with Gasteiger partial charge >= 0.3 is 0 Å². The molecule has 0 bridgehead atoms. The van der Waals surface area contributed by atoms with Crippen molar-refractivity contribution in [2.45, 2.75) is 46.1 Å². The first-order valence-corrected chi connectivity index (χ1v) is 10.0. The van der Waals surface area contributed by atoms with Crippen LogP contribution in [0.1, 0.15) is 47.9 Å². The van der Waals surface area contributed by atoms with E-state index in [1.54, 1.807) is 22.8 Å². The van der Waals surface area contributed by atoms with Crippen LogP contribution in [0.3, 0.4) is 0 Å². The zero-order valence-corrected chi connectivity index (χ0v) is 16.4. The molecule has 144 valence electrons. The van der Waals surface area contributed by atoms with E-state index in [2.05, 4.69) is 6.92 Å². The SMILES string of the molecule is CCCN(C(=O)c1ccc2c(=O)n3c(nc2c1)CCCC3)c1ccccc1C. The third-order valence-corrected chi connectivity index (χ3v) is 5.41. The van der Waals surface area contributed by atoms with Gasteiger partial charge in [-0.05, 0) is 56.0 Å². The Labute approximate surface area is 164 Å². The minimum atomic E-state index is -0.0577. The van der Waals surface area contributed by atoms with Crippen LogP contribution >= 0.6 is 0 Å². The zero-order chi connectivity index (χ0) is 19.7. The topological polar surface area (TPSA) is 55.2 Å². The molecule has 0 spiro atoms. The summed E-state index contributed by atoms with van der Waals surface area (Å²) in [7, 11) is 0. The van der Waals surface area contributed by atoms with Crippen molar-refractivity contribution in [2.75, 3.05) is 11.4 Å². The number of rotatable bonds is 4. The minimum Gasteiger partial charge on any atom is -0.308 e. The largest absolute Gasteiger partial charge is 0.308 e. The van der Waals surface area contributed by atoms with E-state index in [0.717, 1.165) is 49.3 Å². The molecule has 2 heterocycles. The van der Waals surface area contributed by atoms with Gasteiger partial charge in [0.1, 0.15) is 5.82 Å². The summed E-state index contributed by atoms with van der Waals surface area (Å²) in [6.07, 6.45) is 3.74. The quantitative estimate of drug-likeness (QED) is 0.690. The molecule has 5 nitrogen and oxygen atoms in total. The molecule has 0 saturated heterocycles. The third-order valence-electron chi connectivity index (χ3n) is 5.41. The fourth-order valence-corrected chi connectivity index (χ4v) is 3.95. The summed E-state index contributed by atoms with van der Waals surface area (Å²) < 4.78 is 1.78. The second-order valence-corrected chi connectivity index (χ2v) is 7.42. The highest BCUT2D eigenvalue weighted by Crippen LogP contribution is 2.23. The number of aryl methyl sites for hydroxylation is 2. The number of hydrogen-bond acceptors (Lipinski definition) is 3. The Morgan fingerprint density at radius 2 is 2.00 bits per heavy atom. The molecule has 0 atom stereocenters. The Kier molecular flexibility index (Phi) is 4.99. The highest BCUT2D eigenvalue weighted by atomic mass is 16.2. The molecular formula is C23H25N3O2. The minimum absolute atomic E-state index is 0.00279. The molecule has 4 rings (SSSR count). The second kappa shape index (κ2) is 7.58. The normalized spacial score (nSPS) is 13.4. The number of amides is 1. The van der Waals surface area contributed by atoms with Crippen molar-refractivity contribution in [3.8, 4) is 0 Å². The lowest BCUT2D eigenvalue weighted by atomic mass is 10.1. The van der Waals surface area contributed by atoms with Gasteiger partial charge in [-0.25, -0.2) is 4.98 Å². The molecule has 2 aromatic carbocycles. The number of nitrogens with zero attached hydrogens (tertiary/aromatic N) is 3. The second-order valence-electron chi connectivity index (χ2n) is 7.42. The van der Waals surface area contributed by atoms with Gasteiger partial charge in [-0.2, -0.15) is 0 Å². The molecular weight excluding hydrogens is 350 g/mol. The molecule has 1 aromatic heterocycles. The number of aromatic nitrogens is 2. The zero-order valence-electron chi connectivity index (χ0n) is 16.4. The highest BCUT2D eigenvalue weighted by molar-refractivity contribution is 6.08. The lowest BCUT2D eigenvalue weighted by Crippen LogP contribution is -2.32. The van der Waals surface area contributed by atoms with Gasteiger partial charge in [-0.3, -0.25) is 14.2 Å². The summed E-state index contributed by atoms with van der Waals surface area (Å²) in [6.45, 7) is 5.45. The number of carbonyl (C=O) groups excluding carboxylic acids is 1.